The van der Waals surface area contributed by atoms with E-state index in [1.54, 1.807) is 4.57 Å². The molecule has 0 amide bonds. The maximum atomic E-state index is 11.7. The summed E-state index contributed by atoms with van der Waals surface area (Å²) in [4.78, 5) is 16.0. The number of unbranched alkanes of at least 4 members (excludes halogenated alkanes) is 1. The van der Waals surface area contributed by atoms with Crippen LogP contribution >= 0.6 is 0 Å². The second-order valence-electron chi connectivity index (χ2n) is 7.99. The average molecular weight is 436 g/mol. The number of benzene rings is 3. The van der Waals surface area contributed by atoms with Crippen LogP contribution in [0, 0.1) is 11.3 Å². The Morgan fingerprint density at radius 2 is 1.73 bits per heavy atom. The van der Waals surface area contributed by atoms with Gasteiger partial charge < -0.3 is 9.67 Å². The smallest absolute Gasteiger partial charge is 0.354 e. The van der Waals surface area contributed by atoms with Gasteiger partial charge in [-0.3, -0.25) is 0 Å². The van der Waals surface area contributed by atoms with Crippen molar-refractivity contribution in [2.75, 3.05) is 0 Å². The van der Waals surface area contributed by atoms with Gasteiger partial charge in [0.05, 0.1) is 17.8 Å². The molecule has 4 rings (SSSR count). The molecular weight excluding hydrogens is 410 g/mol. The number of aromatic carboxylic acids is 1. The van der Waals surface area contributed by atoms with Crippen molar-refractivity contribution in [3.05, 3.63) is 102 Å². The lowest BCUT2D eigenvalue weighted by Gasteiger charge is -2.12. The Kier molecular flexibility index (Phi) is 6.66. The van der Waals surface area contributed by atoms with E-state index in [4.69, 9.17) is 0 Å². The molecule has 33 heavy (non-hydrogen) atoms. The first-order valence-corrected chi connectivity index (χ1v) is 11.1. The fraction of sp³-hybridized carbons (Fsp3) is 0.179. The molecule has 1 N–H and O–H groups in total. The van der Waals surface area contributed by atoms with Gasteiger partial charge in [-0.1, -0.05) is 74.0 Å². The molecule has 0 saturated heterocycles. The van der Waals surface area contributed by atoms with Gasteiger partial charge in [0.1, 0.15) is 11.5 Å². The summed E-state index contributed by atoms with van der Waals surface area (Å²) < 4.78 is 1.78. The van der Waals surface area contributed by atoms with Crippen molar-refractivity contribution in [1.29, 1.82) is 5.26 Å². The van der Waals surface area contributed by atoms with Gasteiger partial charge in [0.15, 0.2) is 0 Å². The minimum atomic E-state index is -0.974. The van der Waals surface area contributed by atoms with Crippen LogP contribution in [0.3, 0.4) is 0 Å². The molecule has 1 aromatic heterocycles. The summed E-state index contributed by atoms with van der Waals surface area (Å²) in [6.45, 7) is 2.54. The van der Waals surface area contributed by atoms with Gasteiger partial charge in [-0.15, -0.1) is 0 Å². The summed E-state index contributed by atoms with van der Waals surface area (Å²) in [5.41, 5.74) is 5.78. The zero-order valence-electron chi connectivity index (χ0n) is 18.5. The number of rotatable bonds is 8. The van der Waals surface area contributed by atoms with E-state index in [1.807, 2.05) is 60.7 Å². The van der Waals surface area contributed by atoms with Crippen LogP contribution in [0.2, 0.25) is 0 Å². The molecule has 164 valence electrons. The third kappa shape index (κ3) is 4.86. The van der Waals surface area contributed by atoms with Crippen LogP contribution in [0.5, 0.6) is 0 Å². The second-order valence-corrected chi connectivity index (χ2v) is 7.99. The minimum absolute atomic E-state index is 0.201. The summed E-state index contributed by atoms with van der Waals surface area (Å²) in [5, 5.41) is 19.2. The van der Waals surface area contributed by atoms with Crippen molar-refractivity contribution >= 4 is 5.97 Å². The van der Waals surface area contributed by atoms with Gasteiger partial charge in [0.25, 0.3) is 0 Å². The molecule has 0 radical (unpaired) electrons. The highest BCUT2D eigenvalue weighted by Crippen LogP contribution is 2.30. The maximum Gasteiger partial charge on any atom is 0.354 e. The third-order valence-corrected chi connectivity index (χ3v) is 5.76. The standard InChI is InChI=1S/C28H25N3O2/c1-2-3-9-27-30-18-26(28(32)33)31(27)19-20-10-12-22(13-11-20)25-16-23(14-15-24(25)17-29)21-7-5-4-6-8-21/h4-8,10-16,18H,2-3,9,19H2,1H3,(H,32,33). The average Bonchev–Trinajstić information content (AvgIpc) is 3.26. The van der Waals surface area contributed by atoms with Gasteiger partial charge in [0, 0.05) is 18.5 Å². The van der Waals surface area contributed by atoms with E-state index in [0.29, 0.717) is 12.1 Å². The Bertz CT molecular complexity index is 1300. The molecule has 4 aromatic rings. The molecule has 0 spiro atoms. The number of hydrogen-bond acceptors (Lipinski definition) is 3. The highest BCUT2D eigenvalue weighted by Gasteiger charge is 2.16. The van der Waals surface area contributed by atoms with Crippen molar-refractivity contribution in [1.82, 2.24) is 9.55 Å². The number of aromatic nitrogens is 2. The van der Waals surface area contributed by atoms with E-state index < -0.39 is 5.97 Å². The second kappa shape index (κ2) is 9.97. The van der Waals surface area contributed by atoms with Crippen LogP contribution in [-0.4, -0.2) is 20.6 Å². The van der Waals surface area contributed by atoms with Crippen LogP contribution in [0.4, 0.5) is 0 Å². The van der Waals surface area contributed by atoms with Crippen molar-refractivity contribution < 1.29 is 9.90 Å². The van der Waals surface area contributed by atoms with Gasteiger partial charge in [-0.25, -0.2) is 9.78 Å². The highest BCUT2D eigenvalue weighted by atomic mass is 16.4. The van der Waals surface area contributed by atoms with Crippen LogP contribution in [0.25, 0.3) is 22.3 Å². The lowest BCUT2D eigenvalue weighted by atomic mass is 9.94. The number of carbonyl (C=O) groups is 1. The molecule has 0 fully saturated rings. The molecule has 0 atom stereocenters. The number of carboxylic acids is 1. The summed E-state index contributed by atoms with van der Waals surface area (Å²) in [7, 11) is 0. The van der Waals surface area contributed by atoms with E-state index in [-0.39, 0.29) is 5.69 Å². The predicted molar refractivity (Wildman–Crippen MR) is 129 cm³/mol. The zero-order valence-corrected chi connectivity index (χ0v) is 18.5. The minimum Gasteiger partial charge on any atom is -0.477 e. The third-order valence-electron chi connectivity index (χ3n) is 5.76. The summed E-state index contributed by atoms with van der Waals surface area (Å²) in [5.74, 6) is -0.182. The fourth-order valence-electron chi connectivity index (χ4n) is 3.96. The Morgan fingerprint density at radius 3 is 2.39 bits per heavy atom. The normalized spacial score (nSPS) is 10.7. The molecule has 0 aliphatic rings. The van der Waals surface area contributed by atoms with Crippen molar-refractivity contribution in [3.63, 3.8) is 0 Å². The lowest BCUT2D eigenvalue weighted by molar-refractivity contribution is 0.0685. The quantitative estimate of drug-likeness (QED) is 0.358. The molecular formula is C28H25N3O2. The number of carboxylic acid groups (broad SMARTS) is 1. The molecule has 0 aliphatic carbocycles. The monoisotopic (exact) mass is 435 g/mol. The van der Waals surface area contributed by atoms with Crippen LogP contribution < -0.4 is 0 Å². The zero-order chi connectivity index (χ0) is 23.2. The molecule has 5 nitrogen and oxygen atoms in total. The summed E-state index contributed by atoms with van der Waals surface area (Å²) in [6.07, 6.45) is 4.17. The van der Waals surface area contributed by atoms with Crippen LogP contribution in [-0.2, 0) is 13.0 Å². The number of hydrogen-bond donors (Lipinski definition) is 1. The number of imidazole rings is 1. The largest absolute Gasteiger partial charge is 0.477 e. The molecule has 0 aliphatic heterocycles. The van der Waals surface area contributed by atoms with Crippen molar-refractivity contribution in [3.8, 4) is 28.3 Å². The first kappa shape index (κ1) is 22.0. The SMILES string of the molecule is CCCCc1ncc(C(=O)O)n1Cc1ccc(-c2cc(-c3ccccc3)ccc2C#N)cc1. The Labute approximate surface area is 193 Å². The van der Waals surface area contributed by atoms with E-state index in [9.17, 15) is 15.2 Å². The molecule has 3 aromatic carbocycles. The molecule has 0 unspecified atom stereocenters. The number of nitrogens with zero attached hydrogens (tertiary/aromatic N) is 3. The fourth-order valence-corrected chi connectivity index (χ4v) is 3.96. The maximum absolute atomic E-state index is 11.7. The molecule has 5 heteroatoms. The summed E-state index contributed by atoms with van der Waals surface area (Å²) in [6, 6.07) is 26.2. The molecule has 0 bridgehead atoms. The molecule has 1 heterocycles. The van der Waals surface area contributed by atoms with E-state index in [1.165, 1.54) is 6.20 Å². The lowest BCUT2D eigenvalue weighted by Crippen LogP contribution is -2.12. The van der Waals surface area contributed by atoms with Crippen molar-refractivity contribution in [2.24, 2.45) is 0 Å². The van der Waals surface area contributed by atoms with Gasteiger partial charge >= 0.3 is 5.97 Å². The van der Waals surface area contributed by atoms with Crippen LogP contribution in [0.15, 0.2) is 79.0 Å². The van der Waals surface area contributed by atoms with E-state index in [0.717, 1.165) is 52.9 Å². The Morgan fingerprint density at radius 1 is 1.00 bits per heavy atom. The number of nitriles is 1. The number of aryl methyl sites for hydroxylation is 1. The molecule has 0 saturated carbocycles. The van der Waals surface area contributed by atoms with Gasteiger partial charge in [-0.05, 0) is 40.8 Å². The van der Waals surface area contributed by atoms with Crippen molar-refractivity contribution in [2.45, 2.75) is 32.7 Å². The first-order chi connectivity index (χ1) is 16.1. The topological polar surface area (TPSA) is 78.9 Å². The highest BCUT2D eigenvalue weighted by molar-refractivity contribution is 5.85. The summed E-state index contributed by atoms with van der Waals surface area (Å²) >= 11 is 0. The van der Waals surface area contributed by atoms with Gasteiger partial charge in [-0.2, -0.15) is 5.26 Å². The predicted octanol–water partition coefficient (Wildman–Crippen LogP) is 6.18. The van der Waals surface area contributed by atoms with Gasteiger partial charge in [0.2, 0.25) is 0 Å². The van der Waals surface area contributed by atoms with Crippen LogP contribution in [0.1, 0.15) is 47.2 Å². The Balaban J connectivity index is 1.64. The first-order valence-electron chi connectivity index (χ1n) is 11.1. The Hall–Kier alpha value is -4.17. The van der Waals surface area contributed by atoms with E-state index >= 15 is 0 Å². The van der Waals surface area contributed by atoms with E-state index in [2.05, 4.69) is 30.1 Å².